The molecule has 1 fully saturated rings. The summed E-state index contributed by atoms with van der Waals surface area (Å²) >= 11 is 0. The van der Waals surface area contributed by atoms with Crippen molar-refractivity contribution >= 4 is 5.91 Å². The van der Waals surface area contributed by atoms with Crippen molar-refractivity contribution in [3.05, 3.63) is 6.33 Å². The lowest BCUT2D eigenvalue weighted by molar-refractivity contribution is -0.124. The summed E-state index contributed by atoms with van der Waals surface area (Å²) in [6, 6.07) is 0. The Morgan fingerprint density at radius 1 is 1.24 bits per heavy atom. The van der Waals surface area contributed by atoms with Gasteiger partial charge in [0.25, 0.3) is 0 Å². The first-order valence-corrected chi connectivity index (χ1v) is 9.00. The number of amides is 1. The highest BCUT2D eigenvalue weighted by Crippen LogP contribution is 2.41. The Morgan fingerprint density at radius 2 is 2.04 bits per heavy atom. The third kappa shape index (κ3) is 4.84. The molecule has 8 heteroatoms. The number of carbonyl (C=O) groups is 1. The summed E-state index contributed by atoms with van der Waals surface area (Å²) in [5.41, 5.74) is -0.387. The van der Waals surface area contributed by atoms with Crippen molar-refractivity contribution in [2.24, 2.45) is 15.6 Å². The Bertz CT molecular complexity index is 634. The van der Waals surface area contributed by atoms with E-state index in [1.54, 1.807) is 11.0 Å². The summed E-state index contributed by atoms with van der Waals surface area (Å²) in [5.74, 6) is 2.70. The van der Waals surface area contributed by atoms with Crippen LogP contribution in [0.15, 0.2) is 16.6 Å². The Kier molecular flexibility index (Phi) is 5.41. The van der Waals surface area contributed by atoms with Gasteiger partial charge in [0.2, 0.25) is 5.91 Å². The van der Waals surface area contributed by atoms with Gasteiger partial charge in [-0.15, -0.1) is 17.4 Å². The number of nitrogens with one attached hydrogen (secondary N) is 1. The van der Waals surface area contributed by atoms with Gasteiger partial charge in [0.05, 0.1) is 6.54 Å². The molecule has 1 saturated carbocycles. The van der Waals surface area contributed by atoms with Gasteiger partial charge in [-0.1, -0.05) is 19.3 Å². The topological polar surface area (TPSA) is 97.4 Å². The predicted octanol–water partition coefficient (Wildman–Crippen LogP) is 2.10. The van der Waals surface area contributed by atoms with E-state index in [1.807, 2.05) is 0 Å². The lowest BCUT2D eigenvalue weighted by atomic mass is 9.71. The minimum absolute atomic E-state index is 0.0484. The van der Waals surface area contributed by atoms with Crippen LogP contribution < -0.4 is 5.32 Å². The second-order valence-corrected chi connectivity index (χ2v) is 7.23. The van der Waals surface area contributed by atoms with E-state index in [0.717, 1.165) is 38.5 Å². The van der Waals surface area contributed by atoms with Crippen LogP contribution in [0.5, 0.6) is 0 Å². The van der Waals surface area contributed by atoms with Crippen LogP contribution in [0.1, 0.15) is 57.8 Å². The molecule has 134 valence electrons. The van der Waals surface area contributed by atoms with Crippen molar-refractivity contribution in [3.8, 4) is 12.3 Å². The fourth-order valence-electron chi connectivity index (χ4n) is 3.76. The average molecular weight is 343 g/mol. The first-order chi connectivity index (χ1) is 12.2. The van der Waals surface area contributed by atoms with Gasteiger partial charge in [-0.2, -0.15) is 10.2 Å². The van der Waals surface area contributed by atoms with Gasteiger partial charge in [-0.05, 0) is 28.7 Å². The van der Waals surface area contributed by atoms with Gasteiger partial charge in [-0.3, -0.25) is 4.79 Å². The first-order valence-electron chi connectivity index (χ1n) is 9.00. The zero-order valence-corrected chi connectivity index (χ0v) is 14.5. The maximum absolute atomic E-state index is 12.5. The van der Waals surface area contributed by atoms with Crippen molar-refractivity contribution in [2.45, 2.75) is 70.0 Å². The van der Waals surface area contributed by atoms with E-state index >= 15 is 0 Å². The van der Waals surface area contributed by atoms with Gasteiger partial charge in [-0.25, -0.2) is 4.68 Å². The highest BCUT2D eigenvalue weighted by atomic mass is 16.1. The number of hydrogen-bond acceptors (Lipinski definition) is 6. The third-order valence-corrected chi connectivity index (χ3v) is 5.24. The van der Waals surface area contributed by atoms with Crippen LogP contribution in [0.25, 0.3) is 0 Å². The highest BCUT2D eigenvalue weighted by Gasteiger charge is 2.39. The fraction of sp³-hybridized carbons (Fsp3) is 0.765. The van der Waals surface area contributed by atoms with Crippen molar-refractivity contribution in [2.75, 3.05) is 6.54 Å². The Labute approximate surface area is 147 Å². The quantitative estimate of drug-likeness (QED) is 0.694. The van der Waals surface area contributed by atoms with Crippen LogP contribution in [0.3, 0.4) is 0 Å². The lowest BCUT2D eigenvalue weighted by Crippen LogP contribution is -2.37. The molecule has 1 aromatic heterocycles. The molecule has 2 heterocycles. The van der Waals surface area contributed by atoms with Crippen molar-refractivity contribution in [3.63, 3.8) is 0 Å². The molecular weight excluding hydrogens is 318 g/mol. The second-order valence-electron chi connectivity index (χ2n) is 7.23. The van der Waals surface area contributed by atoms with Gasteiger partial charge in [0, 0.05) is 32.2 Å². The molecule has 3 rings (SSSR count). The van der Waals surface area contributed by atoms with E-state index in [1.165, 1.54) is 6.42 Å². The third-order valence-electron chi connectivity index (χ3n) is 5.24. The zero-order chi connectivity index (χ0) is 17.6. The van der Waals surface area contributed by atoms with Crippen LogP contribution in [-0.2, 0) is 11.3 Å². The standard InChI is InChI=1S/C17H25N7O/c1-2-3-9-17(20-21-17)10-11-18-15(25)12-16(7-5-4-6-8-16)13-24-14-19-22-23-24/h1,14H,3-13H2,(H,18,25). The zero-order valence-electron chi connectivity index (χ0n) is 14.5. The van der Waals surface area contributed by atoms with E-state index in [4.69, 9.17) is 6.42 Å². The fourth-order valence-corrected chi connectivity index (χ4v) is 3.76. The Balaban J connectivity index is 1.48. The van der Waals surface area contributed by atoms with E-state index in [9.17, 15) is 4.79 Å². The molecule has 1 aromatic rings. The minimum atomic E-state index is -0.339. The number of carbonyl (C=O) groups excluding carboxylic acids is 1. The number of nitrogens with zero attached hydrogens (tertiary/aromatic N) is 6. The monoisotopic (exact) mass is 343 g/mol. The molecule has 1 N–H and O–H groups in total. The van der Waals surface area contributed by atoms with E-state index in [2.05, 4.69) is 37.0 Å². The van der Waals surface area contributed by atoms with E-state index in [-0.39, 0.29) is 17.0 Å². The molecule has 0 aromatic carbocycles. The molecule has 8 nitrogen and oxygen atoms in total. The molecule has 0 atom stereocenters. The molecule has 1 amide bonds. The van der Waals surface area contributed by atoms with Gasteiger partial charge in [0.1, 0.15) is 6.33 Å². The number of tetrazole rings is 1. The maximum Gasteiger partial charge on any atom is 0.220 e. The van der Waals surface area contributed by atoms with Crippen LogP contribution in [0.2, 0.25) is 0 Å². The van der Waals surface area contributed by atoms with Gasteiger partial charge < -0.3 is 5.32 Å². The SMILES string of the molecule is C#CCCC1(CCNC(=O)CC2(Cn3cnnn3)CCCCC2)N=N1. The van der Waals surface area contributed by atoms with Gasteiger partial charge in [0.15, 0.2) is 5.66 Å². The molecule has 0 unspecified atom stereocenters. The van der Waals surface area contributed by atoms with Crippen LogP contribution in [0.4, 0.5) is 0 Å². The smallest absolute Gasteiger partial charge is 0.220 e. The van der Waals surface area contributed by atoms with Crippen LogP contribution >= 0.6 is 0 Å². The molecule has 0 bridgehead atoms. The largest absolute Gasteiger partial charge is 0.356 e. The number of aromatic nitrogens is 4. The van der Waals surface area contributed by atoms with Gasteiger partial charge >= 0.3 is 0 Å². The molecular formula is C17H25N7O. The summed E-state index contributed by atoms with van der Waals surface area (Å²) in [4.78, 5) is 12.5. The predicted molar refractivity (Wildman–Crippen MR) is 91.2 cm³/mol. The normalized spacial score (nSPS) is 20.0. The molecule has 1 aliphatic carbocycles. The molecule has 25 heavy (non-hydrogen) atoms. The number of hydrogen-bond donors (Lipinski definition) is 1. The maximum atomic E-state index is 12.5. The van der Waals surface area contributed by atoms with E-state index in [0.29, 0.717) is 25.9 Å². The molecule has 2 aliphatic rings. The summed E-state index contributed by atoms with van der Waals surface area (Å²) in [6.07, 6.45) is 15.2. The van der Waals surface area contributed by atoms with Crippen molar-refractivity contribution in [1.82, 2.24) is 25.5 Å². The second kappa shape index (κ2) is 7.72. The summed E-state index contributed by atoms with van der Waals surface area (Å²) in [5, 5.41) is 22.6. The summed E-state index contributed by atoms with van der Waals surface area (Å²) in [7, 11) is 0. The summed E-state index contributed by atoms with van der Waals surface area (Å²) < 4.78 is 1.75. The van der Waals surface area contributed by atoms with Crippen molar-refractivity contribution in [1.29, 1.82) is 0 Å². The molecule has 0 saturated heterocycles. The van der Waals surface area contributed by atoms with Crippen LogP contribution in [-0.4, -0.2) is 38.3 Å². The lowest BCUT2D eigenvalue weighted by Gasteiger charge is -2.36. The number of rotatable bonds is 9. The molecule has 1 aliphatic heterocycles. The molecule has 0 radical (unpaired) electrons. The van der Waals surface area contributed by atoms with E-state index < -0.39 is 0 Å². The van der Waals surface area contributed by atoms with Crippen molar-refractivity contribution < 1.29 is 4.79 Å². The number of terminal acetylenes is 1. The van der Waals surface area contributed by atoms with Crippen LogP contribution in [0, 0.1) is 17.8 Å². The highest BCUT2D eigenvalue weighted by molar-refractivity contribution is 5.76. The average Bonchev–Trinajstić information content (AvgIpc) is 3.19. The molecule has 0 spiro atoms. The minimum Gasteiger partial charge on any atom is -0.356 e. The Morgan fingerprint density at radius 3 is 2.68 bits per heavy atom. The summed E-state index contributed by atoms with van der Waals surface area (Å²) in [6.45, 7) is 1.28. The Hall–Kier alpha value is -2.30. The first kappa shape index (κ1) is 17.5.